The van der Waals surface area contributed by atoms with Gasteiger partial charge in [-0.05, 0) is 19.8 Å². The first-order chi connectivity index (χ1) is 13.9. The van der Waals surface area contributed by atoms with Crippen LogP contribution in [0, 0.1) is 23.0 Å². The van der Waals surface area contributed by atoms with Crippen LogP contribution in [0.2, 0.25) is 0 Å². The number of hydrogen-bond donors (Lipinski definition) is 1. The molecule has 1 saturated heterocycles. The number of carbonyl (C=O) groups is 2. The summed E-state index contributed by atoms with van der Waals surface area (Å²) >= 11 is 1.27. The van der Waals surface area contributed by atoms with Crippen molar-refractivity contribution in [3.8, 4) is 11.3 Å². The molecule has 0 bridgehead atoms. The number of rotatable bonds is 5. The van der Waals surface area contributed by atoms with Gasteiger partial charge in [-0.15, -0.1) is 11.3 Å². The molecule has 1 aromatic heterocycles. The summed E-state index contributed by atoms with van der Waals surface area (Å²) in [5.41, 5.74) is 1.82. The van der Waals surface area contributed by atoms with E-state index in [0.717, 1.165) is 25.7 Å². The lowest BCUT2D eigenvalue weighted by atomic mass is 10.1. The van der Waals surface area contributed by atoms with Crippen molar-refractivity contribution in [3.63, 3.8) is 0 Å². The summed E-state index contributed by atoms with van der Waals surface area (Å²) in [6.45, 7) is 2.16. The summed E-state index contributed by atoms with van der Waals surface area (Å²) < 4.78 is 0. The van der Waals surface area contributed by atoms with Crippen molar-refractivity contribution in [2.45, 2.75) is 45.1 Å². The van der Waals surface area contributed by atoms with Gasteiger partial charge in [-0.25, -0.2) is 4.98 Å². The average molecular weight is 414 g/mol. The second-order valence-corrected chi connectivity index (χ2v) is 8.53. The Morgan fingerprint density at radius 2 is 2.10 bits per heavy atom. The van der Waals surface area contributed by atoms with Crippen molar-refractivity contribution in [1.82, 2.24) is 9.88 Å². The van der Waals surface area contributed by atoms with E-state index in [2.05, 4.69) is 10.3 Å². The summed E-state index contributed by atoms with van der Waals surface area (Å²) in [5.74, 6) is -0.505. The molecule has 2 aromatic rings. The van der Waals surface area contributed by atoms with E-state index < -0.39 is 4.92 Å². The van der Waals surface area contributed by atoms with Gasteiger partial charge in [-0.2, -0.15) is 0 Å². The van der Waals surface area contributed by atoms with E-state index in [1.165, 1.54) is 17.4 Å². The minimum absolute atomic E-state index is 0.0394. The Kier molecular flexibility index (Phi) is 5.31. The maximum absolute atomic E-state index is 12.6. The molecule has 2 amide bonds. The number of aryl methyl sites for hydroxylation is 1. The number of anilines is 1. The molecule has 2 fully saturated rings. The van der Waals surface area contributed by atoms with Crippen LogP contribution in [0.1, 0.15) is 37.7 Å². The maximum Gasteiger partial charge on any atom is 0.272 e. The third-order valence-electron chi connectivity index (χ3n) is 5.73. The van der Waals surface area contributed by atoms with Gasteiger partial charge in [0.05, 0.1) is 16.5 Å². The Morgan fingerprint density at radius 3 is 2.83 bits per heavy atom. The van der Waals surface area contributed by atoms with Gasteiger partial charge in [0.2, 0.25) is 11.8 Å². The lowest BCUT2D eigenvalue weighted by molar-refractivity contribution is -0.385. The highest BCUT2D eigenvalue weighted by molar-refractivity contribution is 7.14. The summed E-state index contributed by atoms with van der Waals surface area (Å²) in [6.07, 6.45) is 4.58. The van der Waals surface area contributed by atoms with E-state index in [4.69, 9.17) is 0 Å². The van der Waals surface area contributed by atoms with Crippen molar-refractivity contribution < 1.29 is 14.5 Å². The number of hydrogen-bond acceptors (Lipinski definition) is 6. The molecule has 29 heavy (non-hydrogen) atoms. The van der Waals surface area contributed by atoms with Crippen LogP contribution < -0.4 is 5.32 Å². The summed E-state index contributed by atoms with van der Waals surface area (Å²) in [4.78, 5) is 42.0. The Bertz CT molecular complexity index is 967. The van der Waals surface area contributed by atoms with Crippen LogP contribution >= 0.6 is 11.3 Å². The van der Waals surface area contributed by atoms with Gasteiger partial charge < -0.3 is 10.2 Å². The van der Waals surface area contributed by atoms with Crippen molar-refractivity contribution in [3.05, 3.63) is 39.3 Å². The molecule has 152 valence electrons. The fourth-order valence-corrected chi connectivity index (χ4v) is 4.84. The molecule has 1 aliphatic heterocycles. The number of amides is 2. The largest absolute Gasteiger partial charge is 0.339 e. The van der Waals surface area contributed by atoms with E-state index >= 15 is 0 Å². The number of likely N-dealkylation sites (tertiary alicyclic amines) is 1. The number of nitrogens with one attached hydrogen (secondary N) is 1. The van der Waals surface area contributed by atoms with Gasteiger partial charge in [-0.1, -0.05) is 25.0 Å². The number of nitro benzene ring substituents is 1. The van der Waals surface area contributed by atoms with Gasteiger partial charge in [0.25, 0.3) is 5.69 Å². The molecule has 1 aromatic carbocycles. The van der Waals surface area contributed by atoms with Crippen LogP contribution in [-0.2, 0) is 9.59 Å². The zero-order valence-corrected chi connectivity index (χ0v) is 16.9. The maximum atomic E-state index is 12.6. The van der Waals surface area contributed by atoms with Crippen molar-refractivity contribution in [2.75, 3.05) is 11.9 Å². The molecule has 4 rings (SSSR count). The number of aromatic nitrogens is 1. The highest BCUT2D eigenvalue weighted by atomic mass is 32.1. The quantitative estimate of drug-likeness (QED) is 0.592. The first-order valence-corrected chi connectivity index (χ1v) is 10.6. The first-order valence-electron chi connectivity index (χ1n) is 9.73. The summed E-state index contributed by atoms with van der Waals surface area (Å²) in [5, 5.41) is 16.1. The summed E-state index contributed by atoms with van der Waals surface area (Å²) in [6, 6.07) is 5.24. The minimum atomic E-state index is -0.416. The fraction of sp³-hybridized carbons (Fsp3) is 0.450. The molecule has 1 atom stereocenters. The van der Waals surface area contributed by atoms with E-state index in [9.17, 15) is 19.7 Å². The van der Waals surface area contributed by atoms with E-state index in [1.807, 2.05) is 4.90 Å². The Labute approximate surface area is 172 Å². The molecule has 0 spiro atoms. The normalized spacial score (nSPS) is 19.7. The van der Waals surface area contributed by atoms with Crippen LogP contribution in [0.3, 0.4) is 0 Å². The van der Waals surface area contributed by atoms with Crippen molar-refractivity contribution in [1.29, 1.82) is 0 Å². The fourth-order valence-electron chi connectivity index (χ4n) is 4.11. The zero-order valence-electron chi connectivity index (χ0n) is 16.1. The lowest BCUT2D eigenvalue weighted by Gasteiger charge is -2.23. The van der Waals surface area contributed by atoms with Gasteiger partial charge in [-0.3, -0.25) is 19.7 Å². The summed E-state index contributed by atoms with van der Waals surface area (Å²) in [7, 11) is 0. The smallest absolute Gasteiger partial charge is 0.272 e. The second kappa shape index (κ2) is 7.90. The topological polar surface area (TPSA) is 105 Å². The molecule has 1 N–H and O–H groups in total. The number of thiazole rings is 1. The van der Waals surface area contributed by atoms with Crippen LogP contribution in [-0.4, -0.2) is 39.2 Å². The average Bonchev–Trinajstić information content (AvgIpc) is 3.42. The molecule has 2 heterocycles. The monoisotopic (exact) mass is 414 g/mol. The zero-order chi connectivity index (χ0) is 20.5. The molecule has 1 aliphatic carbocycles. The Balaban J connectivity index is 1.43. The Morgan fingerprint density at radius 1 is 1.34 bits per heavy atom. The van der Waals surface area contributed by atoms with E-state index in [0.29, 0.717) is 28.5 Å². The van der Waals surface area contributed by atoms with E-state index in [-0.39, 0.29) is 35.9 Å². The van der Waals surface area contributed by atoms with Gasteiger partial charge in [0.1, 0.15) is 0 Å². The van der Waals surface area contributed by atoms with Gasteiger partial charge >= 0.3 is 0 Å². The lowest BCUT2D eigenvalue weighted by Crippen LogP contribution is -2.35. The van der Waals surface area contributed by atoms with Crippen LogP contribution in [0.4, 0.5) is 10.8 Å². The molecule has 1 unspecified atom stereocenters. The predicted octanol–water partition coefficient (Wildman–Crippen LogP) is 3.76. The highest BCUT2D eigenvalue weighted by Crippen LogP contribution is 2.32. The first kappa shape index (κ1) is 19.5. The molecule has 2 aliphatic rings. The molecule has 9 heteroatoms. The minimum Gasteiger partial charge on any atom is -0.339 e. The number of benzene rings is 1. The van der Waals surface area contributed by atoms with Gasteiger partial charge in [0, 0.05) is 41.6 Å². The predicted molar refractivity (Wildman–Crippen MR) is 110 cm³/mol. The molecule has 1 saturated carbocycles. The molecular weight excluding hydrogens is 392 g/mol. The third-order valence-corrected chi connectivity index (χ3v) is 6.49. The molecular formula is C20H22N4O4S. The third kappa shape index (κ3) is 4.00. The highest BCUT2D eigenvalue weighted by Gasteiger charge is 2.38. The van der Waals surface area contributed by atoms with Crippen molar-refractivity contribution >= 4 is 34.0 Å². The second-order valence-electron chi connectivity index (χ2n) is 7.67. The van der Waals surface area contributed by atoms with Crippen LogP contribution in [0.15, 0.2) is 23.6 Å². The Hall–Kier alpha value is -2.81. The molecule has 0 radical (unpaired) electrons. The van der Waals surface area contributed by atoms with Crippen LogP contribution in [0.25, 0.3) is 11.3 Å². The number of nitro groups is 1. The standard InChI is InChI=1S/C20H22N4O4S/c1-12-6-7-13(8-17(12)24(27)28)16-11-29-20(21-16)22-19(26)14-9-18(25)23(10-14)15-4-2-3-5-15/h6-8,11,14-15H,2-5,9-10H2,1H3,(H,21,22,26). The van der Waals surface area contributed by atoms with E-state index in [1.54, 1.807) is 24.4 Å². The molecule has 8 nitrogen and oxygen atoms in total. The number of carbonyl (C=O) groups excluding carboxylic acids is 2. The van der Waals surface area contributed by atoms with Crippen molar-refractivity contribution in [2.24, 2.45) is 5.92 Å². The SMILES string of the molecule is Cc1ccc(-c2csc(NC(=O)C3CC(=O)N(C4CCCC4)C3)n2)cc1[N+](=O)[O-]. The van der Waals surface area contributed by atoms with Crippen LogP contribution in [0.5, 0.6) is 0 Å². The number of nitrogens with zero attached hydrogens (tertiary/aromatic N) is 3. The van der Waals surface area contributed by atoms with Gasteiger partial charge in [0.15, 0.2) is 5.13 Å².